The average Bonchev–Trinajstić information content (AvgIpc) is 3.16. The van der Waals surface area contributed by atoms with Crippen LogP contribution in [0.25, 0.3) is 10.2 Å². The second-order valence-electron chi connectivity index (χ2n) is 6.17. The Kier molecular flexibility index (Phi) is 6.10. The maximum atomic E-state index is 12.8. The van der Waals surface area contributed by atoms with Crippen LogP contribution in [0.1, 0.15) is 17.4 Å². The van der Waals surface area contributed by atoms with Crippen molar-refractivity contribution in [1.82, 2.24) is 19.9 Å². The van der Waals surface area contributed by atoms with Crippen molar-refractivity contribution in [3.63, 3.8) is 0 Å². The number of hydrogen-bond donors (Lipinski definition) is 1. The smallest absolute Gasteiger partial charge is 0.308 e. The fourth-order valence-corrected chi connectivity index (χ4v) is 3.63. The Bertz CT molecular complexity index is 1310. The largest absolute Gasteiger partial charge is 0.493 e. The molecule has 32 heavy (non-hydrogen) atoms. The molecular formula is C20H14ClN5O5S. The zero-order valence-corrected chi connectivity index (χ0v) is 18.2. The van der Waals surface area contributed by atoms with Gasteiger partial charge in [0.1, 0.15) is 10.9 Å². The summed E-state index contributed by atoms with van der Waals surface area (Å²) in [6, 6.07) is 6.70. The minimum absolute atomic E-state index is 0.0686. The number of esters is 1. The molecule has 3 heterocycles. The van der Waals surface area contributed by atoms with Gasteiger partial charge in [0.05, 0.1) is 29.7 Å². The van der Waals surface area contributed by atoms with Gasteiger partial charge in [0, 0.05) is 25.3 Å². The fraction of sp³-hybridized carbons (Fsp3) is 0.100. The number of rotatable bonds is 6. The summed E-state index contributed by atoms with van der Waals surface area (Å²) < 4.78 is 16.7. The molecule has 12 heteroatoms. The van der Waals surface area contributed by atoms with Crippen LogP contribution in [-0.2, 0) is 4.79 Å². The van der Waals surface area contributed by atoms with Gasteiger partial charge in [-0.25, -0.2) is 19.9 Å². The quantitative estimate of drug-likeness (QED) is 0.413. The Morgan fingerprint density at radius 2 is 1.97 bits per heavy atom. The van der Waals surface area contributed by atoms with Crippen LogP contribution in [0.4, 0.5) is 5.13 Å². The molecule has 10 nitrogen and oxygen atoms in total. The summed E-state index contributed by atoms with van der Waals surface area (Å²) in [7, 11) is 1.40. The number of nitrogens with one attached hydrogen (secondary N) is 1. The van der Waals surface area contributed by atoms with Gasteiger partial charge in [0.25, 0.3) is 5.91 Å². The van der Waals surface area contributed by atoms with Crippen molar-refractivity contribution in [3.05, 3.63) is 53.7 Å². The molecule has 0 spiro atoms. The number of ether oxygens (including phenoxy) is 3. The Hall–Kier alpha value is -3.83. The van der Waals surface area contributed by atoms with Crippen LogP contribution < -0.4 is 19.5 Å². The molecule has 1 N–H and O–H groups in total. The van der Waals surface area contributed by atoms with Crippen molar-refractivity contribution in [2.24, 2.45) is 0 Å². The van der Waals surface area contributed by atoms with Gasteiger partial charge in [-0.3, -0.25) is 14.9 Å². The summed E-state index contributed by atoms with van der Waals surface area (Å²) in [6.07, 6.45) is 4.17. The van der Waals surface area contributed by atoms with Gasteiger partial charge in [-0.2, -0.15) is 0 Å². The van der Waals surface area contributed by atoms with E-state index in [0.717, 1.165) is 4.70 Å². The van der Waals surface area contributed by atoms with E-state index in [0.29, 0.717) is 16.4 Å². The number of fused-ring (bicyclic) bond motifs is 1. The number of carbonyl (C=O) groups is 2. The lowest BCUT2D eigenvalue weighted by Crippen LogP contribution is -2.17. The summed E-state index contributed by atoms with van der Waals surface area (Å²) in [5, 5.41) is 3.26. The lowest BCUT2D eigenvalue weighted by Gasteiger charge is -2.11. The number of thiazole rings is 1. The molecule has 0 radical (unpaired) electrons. The Balaban J connectivity index is 1.56. The predicted octanol–water partition coefficient (Wildman–Crippen LogP) is 4.11. The standard InChI is InChI=1S/C20H14ClN5O5S/c1-10(27)30-18-13(29-2)5-6-22-17(18)19(28)26-20-25-12-4-3-11(7-14(12)32-20)31-16-9-23-15(21)8-24-16/h3-9H,1-2H3,(H,25,26,28). The molecule has 4 aromatic rings. The van der Waals surface area contributed by atoms with E-state index in [4.69, 9.17) is 25.8 Å². The van der Waals surface area contributed by atoms with E-state index in [-0.39, 0.29) is 28.2 Å². The van der Waals surface area contributed by atoms with Gasteiger partial charge in [-0.15, -0.1) is 0 Å². The zero-order valence-electron chi connectivity index (χ0n) is 16.7. The number of carbonyl (C=O) groups excluding carboxylic acids is 2. The summed E-state index contributed by atoms with van der Waals surface area (Å²) in [6.45, 7) is 1.22. The first-order chi connectivity index (χ1) is 15.4. The zero-order chi connectivity index (χ0) is 22.7. The van der Waals surface area contributed by atoms with Crippen LogP contribution >= 0.6 is 22.9 Å². The van der Waals surface area contributed by atoms with E-state index in [2.05, 4.69) is 25.3 Å². The maximum Gasteiger partial charge on any atom is 0.308 e. The highest BCUT2D eigenvalue weighted by atomic mass is 35.5. The van der Waals surface area contributed by atoms with Crippen LogP contribution in [0.15, 0.2) is 42.9 Å². The van der Waals surface area contributed by atoms with Gasteiger partial charge >= 0.3 is 5.97 Å². The lowest BCUT2D eigenvalue weighted by molar-refractivity contribution is -0.132. The van der Waals surface area contributed by atoms with E-state index < -0.39 is 11.9 Å². The number of pyridine rings is 1. The number of halogens is 1. The van der Waals surface area contributed by atoms with Crippen molar-refractivity contribution >= 4 is 50.2 Å². The first-order valence-electron chi connectivity index (χ1n) is 9.01. The summed E-state index contributed by atoms with van der Waals surface area (Å²) in [5.41, 5.74) is 0.544. The number of benzene rings is 1. The summed E-state index contributed by atoms with van der Waals surface area (Å²) in [4.78, 5) is 40.6. The lowest BCUT2D eigenvalue weighted by atomic mass is 10.3. The second kappa shape index (κ2) is 9.12. The second-order valence-corrected chi connectivity index (χ2v) is 7.58. The number of aromatic nitrogens is 4. The SMILES string of the molecule is COc1ccnc(C(=O)Nc2nc3ccc(Oc4cnc(Cl)cn4)cc3s2)c1OC(C)=O. The minimum atomic E-state index is -0.608. The Morgan fingerprint density at radius 3 is 2.69 bits per heavy atom. The summed E-state index contributed by atoms with van der Waals surface area (Å²) in [5.74, 6) is -0.274. The molecule has 0 unspecified atom stereocenters. The molecule has 0 aliphatic carbocycles. The van der Waals surface area contributed by atoms with Gasteiger partial charge in [0.2, 0.25) is 11.6 Å². The van der Waals surface area contributed by atoms with Crippen molar-refractivity contribution in [3.8, 4) is 23.1 Å². The molecule has 4 rings (SSSR count). The first kappa shape index (κ1) is 21.4. The van der Waals surface area contributed by atoms with Gasteiger partial charge < -0.3 is 14.2 Å². The van der Waals surface area contributed by atoms with Gasteiger partial charge in [-0.05, 0) is 12.1 Å². The predicted molar refractivity (Wildman–Crippen MR) is 117 cm³/mol. The number of amides is 1. The van der Waals surface area contributed by atoms with Crippen LogP contribution in [0.5, 0.6) is 23.1 Å². The van der Waals surface area contributed by atoms with Crippen molar-refractivity contribution < 1.29 is 23.8 Å². The van der Waals surface area contributed by atoms with E-state index in [9.17, 15) is 9.59 Å². The van der Waals surface area contributed by atoms with Crippen molar-refractivity contribution in [2.75, 3.05) is 12.4 Å². The normalized spacial score (nSPS) is 10.6. The monoisotopic (exact) mass is 471 g/mol. The molecule has 1 aromatic carbocycles. The molecule has 0 fully saturated rings. The fourth-order valence-electron chi connectivity index (χ4n) is 2.65. The molecule has 3 aromatic heterocycles. The van der Waals surface area contributed by atoms with Crippen LogP contribution in [0, 0.1) is 0 Å². The maximum absolute atomic E-state index is 12.8. The van der Waals surface area contributed by atoms with E-state index in [1.807, 2.05) is 0 Å². The number of anilines is 1. The highest BCUT2D eigenvalue weighted by Gasteiger charge is 2.21. The van der Waals surface area contributed by atoms with E-state index in [1.54, 1.807) is 18.2 Å². The number of hydrogen-bond acceptors (Lipinski definition) is 10. The van der Waals surface area contributed by atoms with Crippen molar-refractivity contribution in [2.45, 2.75) is 6.92 Å². The highest BCUT2D eigenvalue weighted by molar-refractivity contribution is 7.22. The Morgan fingerprint density at radius 1 is 1.12 bits per heavy atom. The molecule has 1 amide bonds. The van der Waals surface area contributed by atoms with Crippen LogP contribution in [-0.4, -0.2) is 38.9 Å². The summed E-state index contributed by atoms with van der Waals surface area (Å²) >= 11 is 6.96. The van der Waals surface area contributed by atoms with E-state index >= 15 is 0 Å². The van der Waals surface area contributed by atoms with Gasteiger partial charge in [0.15, 0.2) is 16.6 Å². The minimum Gasteiger partial charge on any atom is -0.493 e. The molecule has 0 aliphatic heterocycles. The highest BCUT2D eigenvalue weighted by Crippen LogP contribution is 2.33. The van der Waals surface area contributed by atoms with Gasteiger partial charge in [-0.1, -0.05) is 22.9 Å². The number of methoxy groups -OCH3 is 1. The Labute approximate surface area is 190 Å². The topological polar surface area (TPSA) is 125 Å². The van der Waals surface area contributed by atoms with E-state index in [1.165, 1.54) is 50.0 Å². The molecule has 0 atom stereocenters. The molecule has 162 valence electrons. The molecule has 0 saturated heterocycles. The third kappa shape index (κ3) is 4.74. The average molecular weight is 472 g/mol. The van der Waals surface area contributed by atoms with Crippen LogP contribution in [0.2, 0.25) is 5.15 Å². The first-order valence-corrected chi connectivity index (χ1v) is 10.2. The third-order valence-electron chi connectivity index (χ3n) is 3.95. The third-order valence-corrected chi connectivity index (χ3v) is 5.08. The van der Waals surface area contributed by atoms with Crippen molar-refractivity contribution in [1.29, 1.82) is 0 Å². The molecule has 0 saturated carbocycles. The molecule has 0 aliphatic rings. The van der Waals surface area contributed by atoms with Crippen LogP contribution in [0.3, 0.4) is 0 Å². The number of nitrogens with zero attached hydrogens (tertiary/aromatic N) is 4. The molecule has 0 bridgehead atoms. The molecular weight excluding hydrogens is 458 g/mol.